The molecular weight excluding hydrogens is 436 g/mol. The highest BCUT2D eigenvalue weighted by atomic mass is 79.9. The van der Waals surface area contributed by atoms with Crippen LogP contribution in [-0.4, -0.2) is 53.7 Å². The van der Waals surface area contributed by atoms with E-state index >= 15 is 0 Å². The van der Waals surface area contributed by atoms with Crippen molar-refractivity contribution in [2.45, 2.75) is 54.6 Å². The lowest BCUT2D eigenvalue weighted by Crippen LogP contribution is -3.00. The monoisotopic (exact) mass is 480 g/mol. The maximum Gasteiger partial charge on any atom is 0.104 e. The van der Waals surface area contributed by atoms with E-state index in [0.29, 0.717) is 0 Å². The first-order chi connectivity index (χ1) is 13.5. The van der Waals surface area contributed by atoms with E-state index in [1.165, 1.54) is 72.5 Å². The predicted molar refractivity (Wildman–Crippen MR) is 126 cm³/mol. The summed E-state index contributed by atoms with van der Waals surface area (Å²) in [5.41, 5.74) is 2.91. The Labute approximate surface area is 197 Å². The fourth-order valence-corrected chi connectivity index (χ4v) is 3.95. The Morgan fingerprint density at radius 2 is 0.700 bits per heavy atom. The summed E-state index contributed by atoms with van der Waals surface area (Å²) in [5.74, 6) is 0. The zero-order chi connectivity index (χ0) is 20.9. The van der Waals surface area contributed by atoms with Gasteiger partial charge >= 0.3 is 0 Å². The molecule has 0 aliphatic carbocycles. The van der Waals surface area contributed by atoms with Gasteiger partial charge in [0.2, 0.25) is 0 Å². The van der Waals surface area contributed by atoms with Crippen molar-refractivity contribution in [3.8, 4) is 0 Å². The number of benzene rings is 2. The van der Waals surface area contributed by atoms with Gasteiger partial charge in [0.05, 0.1) is 39.3 Å². The van der Waals surface area contributed by atoms with Gasteiger partial charge in [-0.05, 0) is 41.5 Å². The molecule has 0 saturated heterocycles. The van der Waals surface area contributed by atoms with Gasteiger partial charge < -0.3 is 31.4 Å². The quantitative estimate of drug-likeness (QED) is 0.480. The molecular formula is C26H45BrN2O. The second-order valence-electron chi connectivity index (χ2n) is 7.87. The van der Waals surface area contributed by atoms with Gasteiger partial charge in [-0.1, -0.05) is 60.7 Å². The standard InChI is InChI=1S/2C13H22N.BrH.H2O/c2*1-4-14(5-2,6-3)12-13-10-8-7-9-11-13;;/h2*7-11H,4-6,12H2,1-3H3;1H;1H2/q2*+1;;/p-2. The molecule has 0 atom stereocenters. The fourth-order valence-electron chi connectivity index (χ4n) is 3.95. The van der Waals surface area contributed by atoms with Crippen molar-refractivity contribution in [1.29, 1.82) is 0 Å². The lowest BCUT2D eigenvalue weighted by Gasteiger charge is -2.35. The molecule has 2 aromatic rings. The molecule has 0 bridgehead atoms. The number of quaternary nitrogens is 2. The molecule has 0 fully saturated rings. The Kier molecular flexibility index (Phi) is 17.0. The van der Waals surface area contributed by atoms with Crippen molar-refractivity contribution in [2.24, 2.45) is 0 Å². The summed E-state index contributed by atoms with van der Waals surface area (Å²) in [6, 6.07) is 21.6. The highest BCUT2D eigenvalue weighted by Gasteiger charge is 2.21. The van der Waals surface area contributed by atoms with Gasteiger partial charge in [-0.2, -0.15) is 0 Å². The van der Waals surface area contributed by atoms with Crippen LogP contribution in [0.1, 0.15) is 52.7 Å². The Bertz CT molecular complexity index is 552. The van der Waals surface area contributed by atoms with E-state index in [1.807, 2.05) is 0 Å². The van der Waals surface area contributed by atoms with Crippen molar-refractivity contribution in [1.82, 2.24) is 0 Å². The first-order valence-corrected chi connectivity index (χ1v) is 11.3. The van der Waals surface area contributed by atoms with Crippen LogP contribution in [0.5, 0.6) is 0 Å². The molecule has 2 rings (SSSR count). The van der Waals surface area contributed by atoms with Crippen LogP contribution in [0.15, 0.2) is 60.7 Å². The van der Waals surface area contributed by atoms with Gasteiger partial charge in [0.1, 0.15) is 13.1 Å². The minimum Gasteiger partial charge on any atom is -1.00 e. The average Bonchev–Trinajstić information content (AvgIpc) is 2.78. The normalized spacial score (nSPS) is 10.9. The average molecular weight is 482 g/mol. The van der Waals surface area contributed by atoms with Gasteiger partial charge in [0.25, 0.3) is 0 Å². The van der Waals surface area contributed by atoms with Gasteiger partial charge in [-0.3, -0.25) is 0 Å². The predicted octanol–water partition coefficient (Wildman–Crippen LogP) is 2.95. The second kappa shape index (κ2) is 16.5. The van der Waals surface area contributed by atoms with E-state index in [-0.39, 0.29) is 22.5 Å². The Balaban J connectivity index is 0. The lowest BCUT2D eigenvalue weighted by molar-refractivity contribution is -0.936. The number of hydrogen-bond acceptors (Lipinski definition) is 1. The minimum atomic E-state index is 0. The number of hydrogen-bond donors (Lipinski definition) is 0. The molecule has 0 aliphatic heterocycles. The van der Waals surface area contributed by atoms with Crippen LogP contribution in [0.4, 0.5) is 0 Å². The van der Waals surface area contributed by atoms with Crippen LogP contribution in [0.2, 0.25) is 0 Å². The molecule has 1 N–H and O–H groups in total. The Hall–Kier alpha value is -1.20. The van der Waals surface area contributed by atoms with E-state index in [4.69, 9.17) is 0 Å². The summed E-state index contributed by atoms with van der Waals surface area (Å²) >= 11 is 0. The highest BCUT2D eigenvalue weighted by Crippen LogP contribution is 2.14. The minimum absolute atomic E-state index is 0. The third kappa shape index (κ3) is 9.74. The first-order valence-electron chi connectivity index (χ1n) is 11.3. The fraction of sp³-hybridized carbons (Fsp3) is 0.538. The van der Waals surface area contributed by atoms with Crippen LogP contribution in [0.3, 0.4) is 0 Å². The smallest absolute Gasteiger partial charge is 0.104 e. The summed E-state index contributed by atoms with van der Waals surface area (Å²) < 4.78 is 2.40. The van der Waals surface area contributed by atoms with Gasteiger partial charge in [0.15, 0.2) is 0 Å². The van der Waals surface area contributed by atoms with E-state index in [1.54, 1.807) is 0 Å². The molecule has 172 valence electrons. The van der Waals surface area contributed by atoms with Crippen LogP contribution >= 0.6 is 0 Å². The maximum atomic E-state index is 2.29. The summed E-state index contributed by atoms with van der Waals surface area (Å²) in [7, 11) is 0. The zero-order valence-electron chi connectivity index (χ0n) is 20.1. The van der Waals surface area contributed by atoms with E-state index in [0.717, 1.165) is 0 Å². The van der Waals surface area contributed by atoms with Crippen molar-refractivity contribution in [3.05, 3.63) is 71.8 Å². The molecule has 4 heteroatoms. The van der Waals surface area contributed by atoms with Crippen molar-refractivity contribution >= 4 is 0 Å². The molecule has 0 aliphatic rings. The first kappa shape index (κ1) is 31.0. The number of rotatable bonds is 10. The largest absolute Gasteiger partial charge is 1.00 e. The molecule has 0 unspecified atom stereocenters. The molecule has 30 heavy (non-hydrogen) atoms. The van der Waals surface area contributed by atoms with E-state index < -0.39 is 0 Å². The van der Waals surface area contributed by atoms with Crippen molar-refractivity contribution < 1.29 is 31.4 Å². The van der Waals surface area contributed by atoms with Crippen LogP contribution in [-0.2, 0) is 13.1 Å². The Morgan fingerprint density at radius 3 is 0.900 bits per heavy atom. The molecule has 0 spiro atoms. The summed E-state index contributed by atoms with van der Waals surface area (Å²) in [6.45, 7) is 23.4. The zero-order valence-corrected chi connectivity index (χ0v) is 21.7. The van der Waals surface area contributed by atoms with Crippen LogP contribution in [0, 0.1) is 0 Å². The molecule has 0 amide bonds. The second-order valence-corrected chi connectivity index (χ2v) is 7.87. The summed E-state index contributed by atoms with van der Waals surface area (Å²) in [6.07, 6.45) is 0. The molecule has 2 aromatic carbocycles. The summed E-state index contributed by atoms with van der Waals surface area (Å²) in [4.78, 5) is 0. The van der Waals surface area contributed by atoms with E-state index in [2.05, 4.69) is 102 Å². The van der Waals surface area contributed by atoms with Crippen LogP contribution < -0.4 is 17.0 Å². The maximum absolute atomic E-state index is 2.29. The molecule has 0 aromatic heterocycles. The number of halogens is 1. The summed E-state index contributed by atoms with van der Waals surface area (Å²) in [5, 5.41) is 0. The van der Waals surface area contributed by atoms with Crippen LogP contribution in [0.25, 0.3) is 0 Å². The third-order valence-electron chi connectivity index (χ3n) is 6.75. The van der Waals surface area contributed by atoms with Crippen molar-refractivity contribution in [2.75, 3.05) is 39.3 Å². The molecule has 0 heterocycles. The Morgan fingerprint density at radius 1 is 0.467 bits per heavy atom. The lowest BCUT2D eigenvalue weighted by atomic mass is 10.2. The highest BCUT2D eigenvalue weighted by molar-refractivity contribution is 5.14. The third-order valence-corrected chi connectivity index (χ3v) is 6.75. The molecule has 3 nitrogen and oxygen atoms in total. The van der Waals surface area contributed by atoms with E-state index in [9.17, 15) is 0 Å². The van der Waals surface area contributed by atoms with Crippen molar-refractivity contribution in [3.63, 3.8) is 0 Å². The van der Waals surface area contributed by atoms with Gasteiger partial charge in [0, 0.05) is 11.1 Å². The molecule has 0 radical (unpaired) electrons. The SMILES string of the molecule is CC[N+](CC)(CC)Cc1ccccc1.CC[N+](CC)(CC)Cc1ccccc1.[Br-].[OH-]. The number of nitrogens with zero attached hydrogens (tertiary/aromatic N) is 2. The topological polar surface area (TPSA) is 30.0 Å². The van der Waals surface area contributed by atoms with Gasteiger partial charge in [-0.15, -0.1) is 0 Å². The van der Waals surface area contributed by atoms with Gasteiger partial charge in [-0.25, -0.2) is 0 Å². The molecule has 0 saturated carbocycles.